The van der Waals surface area contributed by atoms with E-state index in [9.17, 15) is 9.50 Å². The number of aliphatic hydroxyl groups excluding tert-OH is 1. The number of aliphatic hydroxyl groups is 1. The minimum absolute atomic E-state index is 0.354. The molecule has 0 heterocycles. The van der Waals surface area contributed by atoms with Crippen molar-refractivity contribution in [1.82, 2.24) is 0 Å². The van der Waals surface area contributed by atoms with Gasteiger partial charge in [-0.2, -0.15) is 0 Å². The molecule has 3 heteroatoms. The number of hydrogen-bond acceptors (Lipinski definition) is 1. The van der Waals surface area contributed by atoms with Gasteiger partial charge in [0, 0.05) is 5.02 Å². The molecular formula is C17H18ClFO. The van der Waals surface area contributed by atoms with Gasteiger partial charge in [0.1, 0.15) is 5.82 Å². The fourth-order valence-electron chi connectivity index (χ4n) is 2.26. The second-order valence-electron chi connectivity index (χ2n) is 5.06. The van der Waals surface area contributed by atoms with Crippen LogP contribution >= 0.6 is 11.6 Å². The molecule has 0 spiro atoms. The third-order valence-electron chi connectivity index (χ3n) is 3.48. The Morgan fingerprint density at radius 1 is 1.15 bits per heavy atom. The number of hydrogen-bond donors (Lipinski definition) is 1. The van der Waals surface area contributed by atoms with Crippen LogP contribution in [0.4, 0.5) is 4.39 Å². The highest BCUT2D eigenvalue weighted by Gasteiger charge is 2.10. The molecule has 0 aromatic heterocycles. The zero-order valence-corrected chi connectivity index (χ0v) is 12.2. The SMILES string of the molecule is Cc1ccccc1CCC(O)Cc1ccc(F)cc1Cl. The molecule has 0 aliphatic rings. The lowest BCUT2D eigenvalue weighted by atomic mass is 9.99. The normalized spacial score (nSPS) is 12.4. The average molecular weight is 293 g/mol. The summed E-state index contributed by atoms with van der Waals surface area (Å²) in [6, 6.07) is 12.4. The summed E-state index contributed by atoms with van der Waals surface area (Å²) < 4.78 is 13.0. The summed E-state index contributed by atoms with van der Waals surface area (Å²) in [4.78, 5) is 0. The van der Waals surface area contributed by atoms with Gasteiger partial charge in [0.25, 0.3) is 0 Å². The Labute approximate surface area is 124 Å². The van der Waals surface area contributed by atoms with Gasteiger partial charge in [-0.15, -0.1) is 0 Å². The van der Waals surface area contributed by atoms with Crippen molar-refractivity contribution < 1.29 is 9.50 Å². The first-order valence-electron chi connectivity index (χ1n) is 6.73. The van der Waals surface area contributed by atoms with Crippen LogP contribution in [0, 0.1) is 12.7 Å². The molecule has 20 heavy (non-hydrogen) atoms. The molecular weight excluding hydrogens is 275 g/mol. The molecule has 0 saturated heterocycles. The van der Waals surface area contributed by atoms with Crippen molar-refractivity contribution in [2.24, 2.45) is 0 Å². The zero-order valence-electron chi connectivity index (χ0n) is 11.4. The summed E-state index contributed by atoms with van der Waals surface area (Å²) in [7, 11) is 0. The molecule has 2 aromatic carbocycles. The molecule has 106 valence electrons. The summed E-state index contributed by atoms with van der Waals surface area (Å²) in [5.74, 6) is -0.354. The van der Waals surface area contributed by atoms with Gasteiger partial charge in [0.2, 0.25) is 0 Å². The highest BCUT2D eigenvalue weighted by atomic mass is 35.5. The molecule has 0 aliphatic carbocycles. The molecule has 0 amide bonds. The summed E-state index contributed by atoms with van der Waals surface area (Å²) in [5, 5.41) is 10.5. The zero-order chi connectivity index (χ0) is 14.5. The first-order chi connectivity index (χ1) is 9.56. The second kappa shape index (κ2) is 6.87. The van der Waals surface area contributed by atoms with Crippen LogP contribution in [0.2, 0.25) is 5.02 Å². The number of halogens is 2. The molecule has 1 N–H and O–H groups in total. The van der Waals surface area contributed by atoms with E-state index < -0.39 is 6.10 Å². The van der Waals surface area contributed by atoms with Crippen LogP contribution in [-0.2, 0) is 12.8 Å². The van der Waals surface area contributed by atoms with Crippen LogP contribution in [0.3, 0.4) is 0 Å². The van der Waals surface area contributed by atoms with E-state index in [4.69, 9.17) is 11.6 Å². The third-order valence-corrected chi connectivity index (χ3v) is 3.83. The van der Waals surface area contributed by atoms with E-state index in [0.29, 0.717) is 17.9 Å². The molecule has 2 rings (SSSR count). The molecule has 0 saturated carbocycles. The highest BCUT2D eigenvalue weighted by Crippen LogP contribution is 2.20. The quantitative estimate of drug-likeness (QED) is 0.870. The van der Waals surface area contributed by atoms with E-state index in [1.54, 1.807) is 6.07 Å². The van der Waals surface area contributed by atoms with Gasteiger partial charge < -0.3 is 5.11 Å². The summed E-state index contributed by atoms with van der Waals surface area (Å²) in [6.07, 6.45) is 1.47. The molecule has 0 aliphatic heterocycles. The Bertz CT molecular complexity index is 583. The van der Waals surface area contributed by atoms with Crippen LogP contribution in [0.1, 0.15) is 23.1 Å². The fraction of sp³-hybridized carbons (Fsp3) is 0.294. The second-order valence-corrected chi connectivity index (χ2v) is 5.47. The summed E-state index contributed by atoms with van der Waals surface area (Å²) in [6.45, 7) is 2.07. The number of rotatable bonds is 5. The minimum atomic E-state index is -0.474. The van der Waals surface area contributed by atoms with Crippen molar-refractivity contribution >= 4 is 11.6 Å². The van der Waals surface area contributed by atoms with Gasteiger partial charge in [0.05, 0.1) is 6.10 Å². The van der Waals surface area contributed by atoms with Crippen LogP contribution in [-0.4, -0.2) is 11.2 Å². The topological polar surface area (TPSA) is 20.2 Å². The molecule has 1 atom stereocenters. The molecule has 1 unspecified atom stereocenters. The smallest absolute Gasteiger partial charge is 0.124 e. The Hall–Kier alpha value is -1.38. The summed E-state index contributed by atoms with van der Waals surface area (Å²) in [5.41, 5.74) is 3.27. The Balaban J connectivity index is 1.92. The van der Waals surface area contributed by atoms with Gasteiger partial charge in [-0.1, -0.05) is 41.9 Å². The largest absolute Gasteiger partial charge is 0.393 e. The number of benzene rings is 2. The lowest BCUT2D eigenvalue weighted by Gasteiger charge is -2.13. The van der Waals surface area contributed by atoms with E-state index in [1.165, 1.54) is 23.3 Å². The maximum Gasteiger partial charge on any atom is 0.124 e. The van der Waals surface area contributed by atoms with Crippen LogP contribution in [0.25, 0.3) is 0 Å². The fourth-order valence-corrected chi connectivity index (χ4v) is 2.50. The lowest BCUT2D eigenvalue weighted by molar-refractivity contribution is 0.165. The average Bonchev–Trinajstić information content (AvgIpc) is 2.41. The monoisotopic (exact) mass is 292 g/mol. The first kappa shape index (κ1) is 15.0. The third kappa shape index (κ3) is 4.06. The maximum absolute atomic E-state index is 13.0. The van der Waals surface area contributed by atoms with Crippen molar-refractivity contribution in [3.8, 4) is 0 Å². The Morgan fingerprint density at radius 3 is 2.60 bits per heavy atom. The summed E-state index contributed by atoms with van der Waals surface area (Å²) >= 11 is 5.96. The van der Waals surface area contributed by atoms with Gasteiger partial charge in [0.15, 0.2) is 0 Å². The molecule has 2 aromatic rings. The van der Waals surface area contributed by atoms with Crippen molar-refractivity contribution in [3.05, 3.63) is 70.0 Å². The maximum atomic E-state index is 13.0. The standard InChI is InChI=1S/C17H18ClFO/c1-12-4-2-3-5-13(12)7-9-16(20)10-14-6-8-15(19)11-17(14)18/h2-6,8,11,16,20H,7,9-10H2,1H3. The van der Waals surface area contributed by atoms with Crippen molar-refractivity contribution in [3.63, 3.8) is 0 Å². The minimum Gasteiger partial charge on any atom is -0.393 e. The van der Waals surface area contributed by atoms with E-state index in [2.05, 4.69) is 19.1 Å². The van der Waals surface area contributed by atoms with Gasteiger partial charge >= 0.3 is 0 Å². The van der Waals surface area contributed by atoms with E-state index in [0.717, 1.165) is 12.0 Å². The van der Waals surface area contributed by atoms with E-state index in [1.807, 2.05) is 12.1 Å². The van der Waals surface area contributed by atoms with Crippen molar-refractivity contribution in [1.29, 1.82) is 0 Å². The Morgan fingerprint density at radius 2 is 1.90 bits per heavy atom. The predicted octanol–water partition coefficient (Wildman–Crippen LogP) is 4.32. The molecule has 1 nitrogen and oxygen atoms in total. The molecule has 0 bridgehead atoms. The van der Waals surface area contributed by atoms with Crippen LogP contribution in [0.15, 0.2) is 42.5 Å². The molecule has 0 radical (unpaired) electrons. The lowest BCUT2D eigenvalue weighted by Crippen LogP contribution is -2.12. The van der Waals surface area contributed by atoms with Crippen molar-refractivity contribution in [2.45, 2.75) is 32.3 Å². The van der Waals surface area contributed by atoms with Crippen LogP contribution in [0.5, 0.6) is 0 Å². The van der Waals surface area contributed by atoms with Gasteiger partial charge in [-0.05, 0) is 55.0 Å². The number of aryl methyl sites for hydroxylation is 2. The van der Waals surface area contributed by atoms with E-state index >= 15 is 0 Å². The highest BCUT2D eigenvalue weighted by molar-refractivity contribution is 6.31. The Kier molecular flexibility index (Phi) is 5.16. The van der Waals surface area contributed by atoms with Crippen LogP contribution < -0.4 is 0 Å². The van der Waals surface area contributed by atoms with Gasteiger partial charge in [-0.3, -0.25) is 0 Å². The predicted molar refractivity (Wildman–Crippen MR) is 80.6 cm³/mol. The van der Waals surface area contributed by atoms with E-state index in [-0.39, 0.29) is 5.82 Å². The first-order valence-corrected chi connectivity index (χ1v) is 7.10. The van der Waals surface area contributed by atoms with Crippen molar-refractivity contribution in [2.75, 3.05) is 0 Å². The van der Waals surface area contributed by atoms with Gasteiger partial charge in [-0.25, -0.2) is 4.39 Å². The molecule has 0 fully saturated rings.